The molecule has 1 atom stereocenters. The van der Waals surface area contributed by atoms with Crippen molar-refractivity contribution < 1.29 is 4.74 Å². The van der Waals surface area contributed by atoms with Crippen LogP contribution < -0.4 is 10.1 Å². The van der Waals surface area contributed by atoms with E-state index in [-0.39, 0.29) is 5.60 Å². The van der Waals surface area contributed by atoms with Crippen LogP contribution >= 0.6 is 15.9 Å². The van der Waals surface area contributed by atoms with Gasteiger partial charge in [0.25, 0.3) is 0 Å². The first-order valence-corrected chi connectivity index (χ1v) is 6.13. The highest BCUT2D eigenvalue weighted by Crippen LogP contribution is 2.25. The van der Waals surface area contributed by atoms with Crippen molar-refractivity contribution in [2.45, 2.75) is 25.4 Å². The van der Waals surface area contributed by atoms with E-state index in [0.29, 0.717) is 0 Å². The summed E-state index contributed by atoms with van der Waals surface area (Å²) >= 11 is 3.42. The molecule has 1 unspecified atom stereocenters. The van der Waals surface area contributed by atoms with Crippen LogP contribution in [-0.4, -0.2) is 18.7 Å². The van der Waals surface area contributed by atoms with Gasteiger partial charge < -0.3 is 10.1 Å². The fraction of sp³-hybridized carbons (Fsp3) is 0.500. The molecule has 0 aromatic heterocycles. The number of hydrogen-bond donors (Lipinski definition) is 1. The van der Waals surface area contributed by atoms with Crippen molar-refractivity contribution in [2.24, 2.45) is 0 Å². The molecular formula is C12H16BrNO. The second kappa shape index (κ2) is 4.54. The third-order valence-electron chi connectivity index (χ3n) is 2.74. The SMILES string of the molecule is CC1(Oc2ccc(Br)cc2)CCCNC1. The van der Waals surface area contributed by atoms with Gasteiger partial charge in [-0.3, -0.25) is 0 Å². The normalized spacial score (nSPS) is 26.3. The number of hydrogen-bond acceptors (Lipinski definition) is 2. The molecule has 15 heavy (non-hydrogen) atoms. The molecule has 1 fully saturated rings. The fourth-order valence-corrected chi connectivity index (χ4v) is 2.17. The van der Waals surface area contributed by atoms with Gasteiger partial charge in [-0.15, -0.1) is 0 Å². The van der Waals surface area contributed by atoms with Crippen LogP contribution in [0.5, 0.6) is 5.75 Å². The Balaban J connectivity index is 2.03. The van der Waals surface area contributed by atoms with Crippen molar-refractivity contribution in [1.82, 2.24) is 5.32 Å². The summed E-state index contributed by atoms with van der Waals surface area (Å²) in [6, 6.07) is 8.03. The zero-order valence-corrected chi connectivity index (χ0v) is 10.5. The van der Waals surface area contributed by atoms with Gasteiger partial charge in [0.15, 0.2) is 0 Å². The first-order valence-electron chi connectivity index (χ1n) is 5.33. The number of rotatable bonds is 2. The van der Waals surface area contributed by atoms with E-state index >= 15 is 0 Å². The summed E-state index contributed by atoms with van der Waals surface area (Å²) in [7, 11) is 0. The quantitative estimate of drug-likeness (QED) is 0.892. The maximum Gasteiger partial charge on any atom is 0.120 e. The lowest BCUT2D eigenvalue weighted by Gasteiger charge is -2.34. The highest BCUT2D eigenvalue weighted by molar-refractivity contribution is 9.10. The van der Waals surface area contributed by atoms with E-state index in [1.807, 2.05) is 24.3 Å². The van der Waals surface area contributed by atoms with Crippen LogP contribution in [0, 0.1) is 0 Å². The predicted molar refractivity (Wildman–Crippen MR) is 65.3 cm³/mol. The molecule has 0 amide bonds. The molecule has 1 heterocycles. The van der Waals surface area contributed by atoms with Gasteiger partial charge in [0.05, 0.1) is 0 Å². The number of halogens is 1. The van der Waals surface area contributed by atoms with Crippen molar-refractivity contribution in [2.75, 3.05) is 13.1 Å². The average molecular weight is 270 g/mol. The lowest BCUT2D eigenvalue weighted by Crippen LogP contribution is -2.47. The Labute approximate surface area is 99.1 Å². The Bertz CT molecular complexity index is 317. The Morgan fingerprint density at radius 3 is 2.67 bits per heavy atom. The monoisotopic (exact) mass is 269 g/mol. The number of piperidine rings is 1. The van der Waals surface area contributed by atoms with Gasteiger partial charge in [0.1, 0.15) is 11.4 Å². The minimum absolute atomic E-state index is 0.0495. The molecule has 0 spiro atoms. The van der Waals surface area contributed by atoms with Crippen molar-refractivity contribution >= 4 is 15.9 Å². The van der Waals surface area contributed by atoms with Crippen LogP contribution in [0.4, 0.5) is 0 Å². The van der Waals surface area contributed by atoms with E-state index in [1.165, 1.54) is 6.42 Å². The molecule has 1 N–H and O–H groups in total. The van der Waals surface area contributed by atoms with Crippen molar-refractivity contribution in [1.29, 1.82) is 0 Å². The Morgan fingerprint density at radius 1 is 1.33 bits per heavy atom. The Hall–Kier alpha value is -0.540. The second-order valence-electron chi connectivity index (χ2n) is 4.29. The summed E-state index contributed by atoms with van der Waals surface area (Å²) in [5, 5.41) is 3.37. The van der Waals surface area contributed by atoms with E-state index in [4.69, 9.17) is 4.74 Å². The zero-order chi connectivity index (χ0) is 10.7. The standard InChI is InChI=1S/C12H16BrNO/c1-12(7-2-8-14-9-12)15-11-5-3-10(13)4-6-11/h3-6,14H,2,7-9H2,1H3. The number of nitrogens with one attached hydrogen (secondary N) is 1. The van der Waals surface area contributed by atoms with E-state index in [9.17, 15) is 0 Å². The molecular weight excluding hydrogens is 254 g/mol. The lowest BCUT2D eigenvalue weighted by molar-refractivity contribution is 0.0614. The predicted octanol–water partition coefficient (Wildman–Crippen LogP) is 2.97. The molecule has 2 nitrogen and oxygen atoms in total. The molecule has 0 radical (unpaired) electrons. The topological polar surface area (TPSA) is 21.3 Å². The van der Waals surface area contributed by atoms with Crippen LogP contribution in [0.25, 0.3) is 0 Å². The van der Waals surface area contributed by atoms with Crippen LogP contribution in [0.1, 0.15) is 19.8 Å². The van der Waals surface area contributed by atoms with E-state index in [1.54, 1.807) is 0 Å². The third kappa shape index (κ3) is 2.95. The molecule has 82 valence electrons. The molecule has 0 bridgehead atoms. The van der Waals surface area contributed by atoms with Crippen LogP contribution in [0.3, 0.4) is 0 Å². The van der Waals surface area contributed by atoms with Gasteiger partial charge in [-0.1, -0.05) is 15.9 Å². The minimum Gasteiger partial charge on any atom is -0.486 e. The fourth-order valence-electron chi connectivity index (χ4n) is 1.90. The van der Waals surface area contributed by atoms with Crippen molar-refractivity contribution in [3.8, 4) is 5.75 Å². The van der Waals surface area contributed by atoms with Gasteiger partial charge in [0.2, 0.25) is 0 Å². The van der Waals surface area contributed by atoms with E-state index in [0.717, 1.165) is 29.7 Å². The summed E-state index contributed by atoms with van der Waals surface area (Å²) in [4.78, 5) is 0. The summed E-state index contributed by atoms with van der Waals surface area (Å²) in [5.41, 5.74) is -0.0495. The lowest BCUT2D eigenvalue weighted by atomic mass is 9.96. The molecule has 0 aliphatic carbocycles. The third-order valence-corrected chi connectivity index (χ3v) is 3.26. The van der Waals surface area contributed by atoms with Crippen molar-refractivity contribution in [3.05, 3.63) is 28.7 Å². The number of benzene rings is 1. The van der Waals surface area contributed by atoms with E-state index in [2.05, 4.69) is 28.2 Å². The maximum atomic E-state index is 6.01. The van der Waals surface area contributed by atoms with Crippen LogP contribution in [0.2, 0.25) is 0 Å². The molecule has 2 rings (SSSR count). The zero-order valence-electron chi connectivity index (χ0n) is 8.92. The van der Waals surface area contributed by atoms with Gasteiger partial charge in [0, 0.05) is 11.0 Å². The van der Waals surface area contributed by atoms with Crippen molar-refractivity contribution in [3.63, 3.8) is 0 Å². The first kappa shape index (κ1) is 11.0. The largest absolute Gasteiger partial charge is 0.486 e. The maximum absolute atomic E-state index is 6.01. The highest BCUT2D eigenvalue weighted by Gasteiger charge is 2.28. The van der Waals surface area contributed by atoms with Crippen LogP contribution in [0.15, 0.2) is 28.7 Å². The number of ether oxygens (including phenoxy) is 1. The summed E-state index contributed by atoms with van der Waals surface area (Å²) in [5.74, 6) is 0.949. The molecule has 3 heteroatoms. The summed E-state index contributed by atoms with van der Waals surface area (Å²) in [6.07, 6.45) is 2.31. The van der Waals surface area contributed by atoms with Gasteiger partial charge in [-0.05, 0) is 50.6 Å². The highest BCUT2D eigenvalue weighted by atomic mass is 79.9. The molecule has 1 aliphatic rings. The van der Waals surface area contributed by atoms with Gasteiger partial charge in [-0.2, -0.15) is 0 Å². The minimum atomic E-state index is -0.0495. The second-order valence-corrected chi connectivity index (χ2v) is 5.20. The van der Waals surface area contributed by atoms with E-state index < -0.39 is 0 Å². The first-order chi connectivity index (χ1) is 7.18. The Morgan fingerprint density at radius 2 is 2.07 bits per heavy atom. The van der Waals surface area contributed by atoms with Crippen LogP contribution in [-0.2, 0) is 0 Å². The Kier molecular flexibility index (Phi) is 3.32. The smallest absolute Gasteiger partial charge is 0.120 e. The molecule has 0 saturated carbocycles. The van der Waals surface area contributed by atoms with Gasteiger partial charge >= 0.3 is 0 Å². The summed E-state index contributed by atoms with van der Waals surface area (Å²) < 4.78 is 7.10. The molecule has 1 saturated heterocycles. The average Bonchev–Trinajstić information content (AvgIpc) is 2.22. The van der Waals surface area contributed by atoms with Gasteiger partial charge in [-0.25, -0.2) is 0 Å². The molecule has 1 aromatic carbocycles. The molecule has 1 aliphatic heterocycles. The molecule has 1 aromatic rings. The summed E-state index contributed by atoms with van der Waals surface area (Å²) in [6.45, 7) is 4.21.